The lowest BCUT2D eigenvalue weighted by Crippen LogP contribution is -2.42. The molecule has 0 spiro atoms. The summed E-state index contributed by atoms with van der Waals surface area (Å²) in [7, 11) is -3.55. The fourth-order valence-electron chi connectivity index (χ4n) is 1.50. The predicted octanol–water partition coefficient (Wildman–Crippen LogP) is 0.872. The van der Waals surface area contributed by atoms with Gasteiger partial charge in [0.05, 0.1) is 0 Å². The SMILES string of the molecule is COCCC(NS(=O)(=O)c1c(F)cc(F)cc1F)C(=O)O. The summed E-state index contributed by atoms with van der Waals surface area (Å²) >= 11 is 0. The highest BCUT2D eigenvalue weighted by Crippen LogP contribution is 2.20. The molecule has 1 unspecified atom stereocenters. The van der Waals surface area contributed by atoms with Gasteiger partial charge in [-0.25, -0.2) is 21.6 Å². The van der Waals surface area contributed by atoms with Gasteiger partial charge < -0.3 is 9.84 Å². The summed E-state index contributed by atoms with van der Waals surface area (Å²) in [6.07, 6.45) is -0.254. The molecule has 10 heteroatoms. The molecule has 0 aromatic heterocycles. The maximum atomic E-state index is 13.4. The Balaban J connectivity index is 3.14. The number of carboxylic acids is 1. The van der Waals surface area contributed by atoms with Gasteiger partial charge in [0.25, 0.3) is 0 Å². The van der Waals surface area contributed by atoms with Gasteiger partial charge in [0.2, 0.25) is 10.0 Å². The first-order valence-electron chi connectivity index (χ1n) is 5.57. The van der Waals surface area contributed by atoms with Gasteiger partial charge in [0.15, 0.2) is 4.90 Å². The second-order valence-electron chi connectivity index (χ2n) is 3.99. The first kappa shape index (κ1) is 17.4. The average Bonchev–Trinajstić information content (AvgIpc) is 2.32. The summed E-state index contributed by atoms with van der Waals surface area (Å²) in [6, 6.07) is -1.27. The minimum atomic E-state index is -4.82. The van der Waals surface area contributed by atoms with E-state index in [2.05, 4.69) is 4.74 Å². The zero-order valence-electron chi connectivity index (χ0n) is 10.8. The van der Waals surface area contributed by atoms with Crippen molar-refractivity contribution in [3.8, 4) is 0 Å². The van der Waals surface area contributed by atoms with Crippen LogP contribution in [0.5, 0.6) is 0 Å². The van der Waals surface area contributed by atoms with Crippen LogP contribution in [0, 0.1) is 17.5 Å². The van der Waals surface area contributed by atoms with E-state index >= 15 is 0 Å². The Hall–Kier alpha value is -1.65. The summed E-state index contributed by atoms with van der Waals surface area (Å²) < 4.78 is 69.6. The van der Waals surface area contributed by atoms with E-state index in [1.54, 1.807) is 4.72 Å². The number of hydrogen-bond donors (Lipinski definition) is 2. The van der Waals surface area contributed by atoms with Crippen LogP contribution in [0.25, 0.3) is 0 Å². The zero-order valence-corrected chi connectivity index (χ0v) is 11.6. The molecule has 0 amide bonds. The number of carboxylic acid groups (broad SMARTS) is 1. The molecular formula is C11H12F3NO5S. The molecule has 2 N–H and O–H groups in total. The minimum absolute atomic E-state index is 0.0894. The van der Waals surface area contributed by atoms with Crippen LogP contribution in [0.3, 0.4) is 0 Å². The molecule has 0 aliphatic rings. The first-order valence-corrected chi connectivity index (χ1v) is 7.06. The lowest BCUT2D eigenvalue weighted by atomic mass is 10.2. The van der Waals surface area contributed by atoms with E-state index in [9.17, 15) is 26.4 Å². The molecule has 6 nitrogen and oxygen atoms in total. The zero-order chi connectivity index (χ0) is 16.2. The van der Waals surface area contributed by atoms with Crippen molar-refractivity contribution in [2.75, 3.05) is 13.7 Å². The number of halogens is 3. The van der Waals surface area contributed by atoms with Gasteiger partial charge in [-0.1, -0.05) is 0 Å². The number of methoxy groups -OCH3 is 1. The molecule has 1 aromatic carbocycles. The lowest BCUT2D eigenvalue weighted by molar-refractivity contribution is -0.139. The standard InChI is InChI=1S/C11H12F3NO5S/c1-20-3-2-9(11(16)17)15-21(18,19)10-7(13)4-6(12)5-8(10)14/h4-5,9,15H,2-3H2,1H3,(H,16,17). The van der Waals surface area contributed by atoms with Crippen molar-refractivity contribution in [2.45, 2.75) is 17.4 Å². The quantitative estimate of drug-likeness (QED) is 0.775. The Labute approximate surface area is 118 Å². The number of ether oxygens (including phenoxy) is 1. The second kappa shape index (κ2) is 6.87. The maximum Gasteiger partial charge on any atom is 0.321 e. The first-order chi connectivity index (χ1) is 9.69. The van der Waals surface area contributed by atoms with Gasteiger partial charge in [0, 0.05) is 25.8 Å². The van der Waals surface area contributed by atoms with Crippen LogP contribution in [0.1, 0.15) is 6.42 Å². The van der Waals surface area contributed by atoms with Crippen molar-refractivity contribution >= 4 is 16.0 Å². The lowest BCUT2D eigenvalue weighted by Gasteiger charge is -2.15. The number of rotatable bonds is 7. The molecule has 0 heterocycles. The molecule has 1 rings (SSSR count). The van der Waals surface area contributed by atoms with Crippen molar-refractivity contribution in [1.82, 2.24) is 4.72 Å². The maximum absolute atomic E-state index is 13.4. The van der Waals surface area contributed by atoms with Gasteiger partial charge in [-0.15, -0.1) is 0 Å². The van der Waals surface area contributed by atoms with Crippen LogP contribution >= 0.6 is 0 Å². The third-order valence-corrected chi connectivity index (χ3v) is 3.96. The molecule has 0 aliphatic carbocycles. The number of sulfonamides is 1. The summed E-state index contributed by atoms with van der Waals surface area (Å²) in [5.41, 5.74) is 0. The summed E-state index contributed by atoms with van der Waals surface area (Å²) in [4.78, 5) is 9.47. The molecule has 1 atom stereocenters. The van der Waals surface area contributed by atoms with Crippen molar-refractivity contribution in [2.24, 2.45) is 0 Å². The highest BCUT2D eigenvalue weighted by atomic mass is 32.2. The molecule has 21 heavy (non-hydrogen) atoms. The van der Waals surface area contributed by atoms with Gasteiger partial charge in [-0.2, -0.15) is 4.72 Å². The third kappa shape index (κ3) is 4.41. The highest BCUT2D eigenvalue weighted by Gasteiger charge is 2.30. The Bertz CT molecular complexity index is 612. The minimum Gasteiger partial charge on any atom is -0.480 e. The normalized spacial score (nSPS) is 13.1. The van der Waals surface area contributed by atoms with E-state index in [1.807, 2.05) is 0 Å². The predicted molar refractivity (Wildman–Crippen MR) is 64.6 cm³/mol. The molecule has 0 fully saturated rings. The molecule has 1 aromatic rings. The largest absolute Gasteiger partial charge is 0.480 e. The van der Waals surface area contributed by atoms with Gasteiger partial charge in [-0.05, 0) is 6.42 Å². The molecule has 0 bridgehead atoms. The van der Waals surface area contributed by atoms with Gasteiger partial charge >= 0.3 is 5.97 Å². The van der Waals surface area contributed by atoms with Gasteiger partial charge in [-0.3, -0.25) is 4.79 Å². The van der Waals surface area contributed by atoms with Crippen LogP contribution in [-0.4, -0.2) is 39.3 Å². The summed E-state index contributed by atoms with van der Waals surface area (Å²) in [5, 5.41) is 8.86. The van der Waals surface area contributed by atoms with Crippen molar-refractivity contribution in [3.63, 3.8) is 0 Å². The summed E-state index contributed by atoms with van der Waals surface area (Å²) in [5.74, 6) is -6.15. The Kier molecular flexibility index (Phi) is 5.70. The van der Waals surface area contributed by atoms with E-state index in [0.717, 1.165) is 0 Å². The molecule has 0 saturated carbocycles. The average molecular weight is 327 g/mol. The highest BCUT2D eigenvalue weighted by molar-refractivity contribution is 7.89. The van der Waals surface area contributed by atoms with E-state index in [0.29, 0.717) is 0 Å². The number of nitrogens with one attached hydrogen (secondary N) is 1. The third-order valence-electron chi connectivity index (χ3n) is 2.44. The molecule has 0 saturated heterocycles. The molecule has 0 aliphatic heterocycles. The van der Waals surface area contributed by atoms with Crippen LogP contribution in [-0.2, 0) is 19.6 Å². The van der Waals surface area contributed by atoms with Crippen molar-refractivity contribution < 1.29 is 36.2 Å². The summed E-state index contributed by atoms with van der Waals surface area (Å²) in [6.45, 7) is -0.0894. The molecule has 118 valence electrons. The van der Waals surface area contributed by atoms with Crippen LogP contribution in [0.2, 0.25) is 0 Å². The second-order valence-corrected chi connectivity index (χ2v) is 5.64. The number of hydrogen-bond acceptors (Lipinski definition) is 4. The molecule has 0 radical (unpaired) electrons. The van der Waals surface area contributed by atoms with Crippen LogP contribution in [0.4, 0.5) is 13.2 Å². The Morgan fingerprint density at radius 1 is 1.33 bits per heavy atom. The number of aliphatic carboxylic acids is 1. The Morgan fingerprint density at radius 2 is 1.86 bits per heavy atom. The Morgan fingerprint density at radius 3 is 2.29 bits per heavy atom. The van der Waals surface area contributed by atoms with E-state index in [1.165, 1.54) is 7.11 Å². The number of carbonyl (C=O) groups is 1. The fraction of sp³-hybridized carbons (Fsp3) is 0.364. The van der Waals surface area contributed by atoms with E-state index < -0.39 is 44.4 Å². The molecular weight excluding hydrogens is 315 g/mol. The monoisotopic (exact) mass is 327 g/mol. The van der Waals surface area contributed by atoms with Crippen LogP contribution < -0.4 is 4.72 Å². The van der Waals surface area contributed by atoms with Crippen molar-refractivity contribution in [1.29, 1.82) is 0 Å². The van der Waals surface area contributed by atoms with E-state index in [4.69, 9.17) is 5.11 Å². The fourth-order valence-corrected chi connectivity index (χ4v) is 2.84. The van der Waals surface area contributed by atoms with E-state index in [-0.39, 0.29) is 25.2 Å². The van der Waals surface area contributed by atoms with Crippen LogP contribution in [0.15, 0.2) is 17.0 Å². The number of benzene rings is 1. The van der Waals surface area contributed by atoms with Gasteiger partial charge in [0.1, 0.15) is 23.5 Å². The topological polar surface area (TPSA) is 92.7 Å². The smallest absolute Gasteiger partial charge is 0.321 e. The van der Waals surface area contributed by atoms with Crippen molar-refractivity contribution in [3.05, 3.63) is 29.6 Å².